The van der Waals surface area contributed by atoms with Crippen LogP contribution in [0.15, 0.2) is 119 Å². The van der Waals surface area contributed by atoms with E-state index in [1.807, 2.05) is 0 Å². The molecule has 0 spiro atoms. The number of sulfone groups is 2. The van der Waals surface area contributed by atoms with Crippen LogP contribution in [0.5, 0.6) is 0 Å². The van der Waals surface area contributed by atoms with E-state index in [-0.39, 0.29) is 32.5 Å². The monoisotopic (exact) mass is 989 g/mol. The number of benzene rings is 4. The number of nitrogen functional groups attached to an aromatic ring is 2. The summed E-state index contributed by atoms with van der Waals surface area (Å²) < 4.78 is 159. The lowest BCUT2D eigenvalue weighted by atomic mass is 10.1. The van der Waals surface area contributed by atoms with E-state index in [4.69, 9.17) is 30.7 Å². The molecule has 0 aromatic heterocycles. The Morgan fingerprint density at radius 1 is 0.641 bits per heavy atom. The van der Waals surface area contributed by atoms with Gasteiger partial charge in [-0.2, -0.15) is 35.5 Å². The molecule has 0 radical (unpaired) electrons. The Hall–Kier alpha value is -6.49. The van der Waals surface area contributed by atoms with Gasteiger partial charge >= 0.3 is 26.8 Å². The summed E-state index contributed by atoms with van der Waals surface area (Å²) in [5.41, 5.74) is 7.56. The molecule has 0 heterocycles. The maximum atomic E-state index is 12.8. The number of carboxylic acid groups (broad SMARTS) is 1. The summed E-state index contributed by atoms with van der Waals surface area (Å²) in [6.45, 7) is 1.70. The van der Waals surface area contributed by atoms with Crippen molar-refractivity contribution in [3.8, 4) is 0 Å². The number of nitrogens with two attached hydrogens (primary N) is 2. The number of hydrogen-bond donors (Lipinski definition) is 7. The SMILES string of the molecule is C=C(OC=N)c1ccc(N=Nc2c(N)c(N=Nc3ccc(S(=O)(=O)CCOS(=O)(=O)O)cc3)c(N)c(N=Nc3ccc(S(=O)(=O)CCOS(=O)(=O)O)cc3)c2C(=O)O)c(S(=O)(=O)O)c1. The highest BCUT2D eigenvalue weighted by Gasteiger charge is 2.28. The van der Waals surface area contributed by atoms with Crippen molar-refractivity contribution >= 4 is 114 Å². The van der Waals surface area contributed by atoms with Gasteiger partial charge in [0.05, 0.1) is 57.3 Å². The van der Waals surface area contributed by atoms with Crippen molar-refractivity contribution in [3.63, 3.8) is 0 Å². The van der Waals surface area contributed by atoms with Gasteiger partial charge in [0, 0.05) is 5.56 Å². The molecule has 0 aliphatic heterocycles. The standard InChI is InChI=1S/C32H31N9O18S5/c1-18(57-17-33)19-2-11-24(25(16-19)62(48,49)50)38-40-30-26(32(42)43)29(39-36-20-3-7-22(8-4-20)60(44,45)14-12-58-63(51,52)53)27(34)31(28(30)35)41-37-21-5-9-23(10-6-21)61(46,47)15-13-59-64(54,55)56/h2-11,16-17,33H,1,12-15,34-35H2,(H,42,43)(H,48,49,50)(H,51,52,53)(H,54,55,56). The lowest BCUT2D eigenvalue weighted by Gasteiger charge is -2.13. The van der Waals surface area contributed by atoms with E-state index in [1.54, 1.807) is 0 Å². The third-order valence-electron chi connectivity index (χ3n) is 7.82. The average Bonchev–Trinajstić information content (AvgIpc) is 3.18. The fraction of sp³-hybridized carbons (Fsp3) is 0.125. The second-order valence-corrected chi connectivity index (χ2v) is 19.9. The van der Waals surface area contributed by atoms with E-state index in [2.05, 4.69) is 45.6 Å². The molecular weight excluding hydrogens is 959 g/mol. The molecule has 0 aliphatic carbocycles. The molecular formula is C32H31N9O18S5. The van der Waals surface area contributed by atoms with Gasteiger partial charge in [0.2, 0.25) is 0 Å². The van der Waals surface area contributed by atoms with Crippen LogP contribution in [0.25, 0.3) is 5.76 Å². The molecule has 4 aromatic rings. The number of anilines is 2. The first kappa shape index (κ1) is 50.2. The third kappa shape index (κ3) is 13.5. The number of ether oxygens (including phenoxy) is 1. The van der Waals surface area contributed by atoms with Crippen LogP contribution in [0.4, 0.5) is 45.5 Å². The lowest BCUT2D eigenvalue weighted by Crippen LogP contribution is -2.15. The van der Waals surface area contributed by atoms with Crippen molar-refractivity contribution in [1.82, 2.24) is 0 Å². The molecule has 0 atom stereocenters. The molecule has 342 valence electrons. The molecule has 0 saturated carbocycles. The number of nitrogens with one attached hydrogen (secondary N) is 1. The molecule has 9 N–H and O–H groups in total. The maximum absolute atomic E-state index is 12.8. The van der Waals surface area contributed by atoms with Crippen molar-refractivity contribution in [3.05, 3.63) is 84.4 Å². The molecule has 0 unspecified atom stereocenters. The molecule has 0 fully saturated rings. The number of nitrogens with zero attached hydrogens (tertiary/aromatic N) is 6. The van der Waals surface area contributed by atoms with Crippen LogP contribution in [0.1, 0.15) is 15.9 Å². The first-order valence-corrected chi connectivity index (χ1v) is 24.2. The van der Waals surface area contributed by atoms with E-state index in [1.165, 1.54) is 6.07 Å². The van der Waals surface area contributed by atoms with Crippen LogP contribution in [0.2, 0.25) is 0 Å². The number of hydrogen-bond acceptors (Lipinski definition) is 23. The summed E-state index contributed by atoms with van der Waals surface area (Å²) in [6, 6.07) is 11.7. The summed E-state index contributed by atoms with van der Waals surface area (Å²) in [4.78, 5) is 11.3. The smallest absolute Gasteiger partial charge is 0.397 e. The van der Waals surface area contributed by atoms with Crippen molar-refractivity contribution in [2.75, 3.05) is 36.2 Å². The Labute approximate surface area is 362 Å². The van der Waals surface area contributed by atoms with Crippen LogP contribution >= 0.6 is 0 Å². The van der Waals surface area contributed by atoms with Crippen LogP contribution in [-0.2, 0) is 63.7 Å². The van der Waals surface area contributed by atoms with Crippen LogP contribution in [-0.4, -0.2) is 97.9 Å². The second kappa shape index (κ2) is 19.9. The molecule has 0 aliphatic rings. The first-order chi connectivity index (χ1) is 29.6. The van der Waals surface area contributed by atoms with Gasteiger partial charge in [-0.05, 0) is 66.7 Å². The maximum Gasteiger partial charge on any atom is 0.397 e. The normalized spacial score (nSPS) is 12.9. The van der Waals surface area contributed by atoms with Crippen molar-refractivity contribution in [2.45, 2.75) is 14.7 Å². The van der Waals surface area contributed by atoms with Gasteiger partial charge in [0.25, 0.3) is 10.1 Å². The van der Waals surface area contributed by atoms with Crippen molar-refractivity contribution in [2.24, 2.45) is 30.7 Å². The number of rotatable bonds is 21. The minimum Gasteiger partial charge on any atom is -0.478 e. The highest BCUT2D eigenvalue weighted by molar-refractivity contribution is 7.91. The molecule has 32 heteroatoms. The van der Waals surface area contributed by atoms with E-state index < -0.39 is 126 Å². The Morgan fingerprint density at radius 3 is 1.45 bits per heavy atom. The van der Waals surface area contributed by atoms with Crippen LogP contribution < -0.4 is 11.5 Å². The van der Waals surface area contributed by atoms with Crippen molar-refractivity contribution < 1.29 is 78.8 Å². The summed E-state index contributed by atoms with van der Waals surface area (Å²) in [5.74, 6) is -3.75. The molecule has 64 heavy (non-hydrogen) atoms. The van der Waals surface area contributed by atoms with Crippen LogP contribution in [0.3, 0.4) is 0 Å². The zero-order valence-corrected chi connectivity index (χ0v) is 35.9. The van der Waals surface area contributed by atoms with E-state index in [9.17, 15) is 56.5 Å². The van der Waals surface area contributed by atoms with E-state index in [0.29, 0.717) is 6.40 Å². The third-order valence-corrected chi connectivity index (χ3v) is 13.0. The minimum absolute atomic E-state index is 0.0349. The molecule has 4 rings (SSSR count). The van der Waals surface area contributed by atoms with Gasteiger partial charge in [-0.3, -0.25) is 19.1 Å². The highest BCUT2D eigenvalue weighted by atomic mass is 32.3. The number of carboxylic acids is 1. The van der Waals surface area contributed by atoms with Crippen molar-refractivity contribution in [1.29, 1.82) is 5.41 Å². The van der Waals surface area contributed by atoms with Gasteiger partial charge < -0.3 is 21.3 Å². The molecule has 0 amide bonds. The Balaban J connectivity index is 1.86. The van der Waals surface area contributed by atoms with Gasteiger partial charge in [-0.15, -0.1) is 20.5 Å². The fourth-order valence-electron chi connectivity index (χ4n) is 4.88. The first-order valence-electron chi connectivity index (χ1n) is 16.7. The number of azo groups is 3. The summed E-state index contributed by atoms with van der Waals surface area (Å²) >= 11 is 0. The largest absolute Gasteiger partial charge is 0.478 e. The topological polar surface area (TPSA) is 446 Å². The molecule has 0 saturated heterocycles. The van der Waals surface area contributed by atoms with Crippen LogP contribution in [0, 0.1) is 5.41 Å². The molecule has 27 nitrogen and oxygen atoms in total. The molecule has 4 aromatic carbocycles. The zero-order chi connectivity index (χ0) is 47.8. The molecule has 0 bridgehead atoms. The minimum atomic E-state index is -5.09. The van der Waals surface area contributed by atoms with E-state index in [0.717, 1.165) is 60.7 Å². The van der Waals surface area contributed by atoms with Gasteiger partial charge in [-0.25, -0.2) is 30.0 Å². The lowest BCUT2D eigenvalue weighted by molar-refractivity contribution is 0.0698. The Kier molecular flexibility index (Phi) is 15.6. The number of aromatic carboxylic acids is 1. The zero-order valence-electron chi connectivity index (χ0n) is 31.8. The average molecular weight is 990 g/mol. The van der Waals surface area contributed by atoms with E-state index >= 15 is 0 Å². The predicted octanol–water partition coefficient (Wildman–Crippen LogP) is 4.82. The van der Waals surface area contributed by atoms with Gasteiger partial charge in [0.15, 0.2) is 26.1 Å². The fourth-order valence-corrected chi connectivity index (χ4v) is 8.50. The van der Waals surface area contributed by atoms with Gasteiger partial charge in [0.1, 0.15) is 39.0 Å². The second-order valence-electron chi connectivity index (χ2n) is 12.1. The summed E-state index contributed by atoms with van der Waals surface area (Å²) in [5, 5.41) is 40.8. The Bertz CT molecular complexity index is 3160. The quantitative estimate of drug-likeness (QED) is 0.0147. The summed E-state index contributed by atoms with van der Waals surface area (Å²) in [6.07, 6.45) is 0.495. The Morgan fingerprint density at radius 2 is 1.06 bits per heavy atom. The highest BCUT2D eigenvalue weighted by Crippen LogP contribution is 2.49. The van der Waals surface area contributed by atoms with Gasteiger partial charge in [-0.1, -0.05) is 6.58 Å². The predicted molar refractivity (Wildman–Crippen MR) is 222 cm³/mol. The summed E-state index contributed by atoms with van der Waals surface area (Å²) in [7, 11) is -23.3. The number of carbonyl (C=O) groups is 1.